The van der Waals surface area contributed by atoms with Gasteiger partial charge in [0.15, 0.2) is 0 Å². The predicted molar refractivity (Wildman–Crippen MR) is 79.1 cm³/mol. The molecule has 0 aromatic carbocycles. The first-order valence-corrected chi connectivity index (χ1v) is 8.35. The summed E-state index contributed by atoms with van der Waals surface area (Å²) in [5, 5.41) is 2.76. The summed E-state index contributed by atoms with van der Waals surface area (Å²) < 4.78 is 39.2. The summed E-state index contributed by atoms with van der Waals surface area (Å²) in [5.74, 6) is -2.23. The van der Waals surface area contributed by atoms with Crippen molar-refractivity contribution in [2.45, 2.75) is 70.0 Å². The molecule has 128 valence electrons. The second kappa shape index (κ2) is 6.77. The van der Waals surface area contributed by atoms with Gasteiger partial charge in [0.2, 0.25) is 5.91 Å². The second-order valence-corrected chi connectivity index (χ2v) is 7.24. The Kier molecular flexibility index (Phi) is 5.41. The van der Waals surface area contributed by atoms with Crippen molar-refractivity contribution in [3.05, 3.63) is 0 Å². The van der Waals surface area contributed by atoms with E-state index in [1.54, 1.807) is 0 Å². The van der Waals surface area contributed by atoms with Crippen LogP contribution in [0.5, 0.6) is 0 Å². The van der Waals surface area contributed by atoms with Crippen LogP contribution in [0.25, 0.3) is 0 Å². The summed E-state index contributed by atoms with van der Waals surface area (Å²) in [6, 6.07) is 0. The van der Waals surface area contributed by atoms with E-state index in [1.165, 1.54) is 0 Å². The minimum Gasteiger partial charge on any atom is -0.356 e. The summed E-state index contributed by atoms with van der Waals surface area (Å²) >= 11 is 0. The summed E-state index contributed by atoms with van der Waals surface area (Å²) in [4.78, 5) is 12.3. The number of carbonyl (C=O) groups is 1. The largest absolute Gasteiger partial charge is 0.392 e. The third kappa shape index (κ3) is 4.15. The van der Waals surface area contributed by atoms with Gasteiger partial charge in [-0.1, -0.05) is 25.7 Å². The maximum atomic E-state index is 13.1. The van der Waals surface area contributed by atoms with Crippen LogP contribution in [0.15, 0.2) is 0 Å². The topological polar surface area (TPSA) is 55.1 Å². The summed E-state index contributed by atoms with van der Waals surface area (Å²) in [6.07, 6.45) is 1.48. The minimum atomic E-state index is -4.16. The van der Waals surface area contributed by atoms with E-state index >= 15 is 0 Å². The molecule has 2 rings (SSSR count). The molecule has 3 N–H and O–H groups in total. The normalized spacial score (nSPS) is 36.9. The van der Waals surface area contributed by atoms with Crippen LogP contribution in [0.2, 0.25) is 0 Å². The third-order valence-corrected chi connectivity index (χ3v) is 5.44. The molecule has 0 aromatic rings. The van der Waals surface area contributed by atoms with Crippen molar-refractivity contribution in [2.75, 3.05) is 6.54 Å². The number of carbonyl (C=O) groups excluding carboxylic acids is 1. The van der Waals surface area contributed by atoms with Gasteiger partial charge in [-0.05, 0) is 38.5 Å². The molecule has 2 fully saturated rings. The monoisotopic (exact) mass is 320 g/mol. The van der Waals surface area contributed by atoms with E-state index in [4.69, 9.17) is 5.73 Å². The molecule has 0 spiro atoms. The number of alkyl halides is 3. The average molecular weight is 320 g/mol. The lowest BCUT2D eigenvalue weighted by Gasteiger charge is -2.38. The van der Waals surface area contributed by atoms with Gasteiger partial charge in [-0.25, -0.2) is 0 Å². The van der Waals surface area contributed by atoms with Gasteiger partial charge in [0.25, 0.3) is 0 Å². The smallest absolute Gasteiger partial charge is 0.356 e. The van der Waals surface area contributed by atoms with Crippen molar-refractivity contribution in [3.63, 3.8) is 0 Å². The number of amides is 1. The van der Waals surface area contributed by atoms with E-state index in [1.807, 2.05) is 6.92 Å². The van der Waals surface area contributed by atoms with Gasteiger partial charge in [0.05, 0.1) is 11.8 Å². The van der Waals surface area contributed by atoms with Gasteiger partial charge in [-0.2, -0.15) is 13.2 Å². The first-order chi connectivity index (χ1) is 10.2. The Hall–Kier alpha value is -0.780. The molecule has 2 aliphatic carbocycles. The lowest BCUT2D eigenvalue weighted by Crippen LogP contribution is -2.53. The Morgan fingerprint density at radius 3 is 2.45 bits per heavy atom. The highest BCUT2D eigenvalue weighted by Crippen LogP contribution is 2.41. The Labute approximate surface area is 130 Å². The zero-order chi connectivity index (χ0) is 16.4. The molecule has 0 heterocycles. The van der Waals surface area contributed by atoms with E-state index in [-0.39, 0.29) is 24.8 Å². The molecule has 4 atom stereocenters. The van der Waals surface area contributed by atoms with Crippen molar-refractivity contribution < 1.29 is 18.0 Å². The highest BCUT2D eigenvalue weighted by Gasteiger charge is 2.45. The van der Waals surface area contributed by atoms with Crippen molar-refractivity contribution >= 4 is 5.91 Å². The second-order valence-electron chi connectivity index (χ2n) is 7.24. The average Bonchev–Trinajstić information content (AvgIpc) is 2.43. The Morgan fingerprint density at radius 1 is 1.18 bits per heavy atom. The van der Waals surface area contributed by atoms with E-state index in [2.05, 4.69) is 5.32 Å². The van der Waals surface area contributed by atoms with Crippen molar-refractivity contribution in [2.24, 2.45) is 23.5 Å². The molecular weight excluding hydrogens is 293 g/mol. The fourth-order valence-electron chi connectivity index (χ4n) is 4.03. The van der Waals surface area contributed by atoms with Crippen LogP contribution in [0.4, 0.5) is 13.2 Å². The molecule has 2 saturated carbocycles. The van der Waals surface area contributed by atoms with Crippen molar-refractivity contribution in [3.8, 4) is 0 Å². The molecule has 0 radical (unpaired) electrons. The molecule has 4 unspecified atom stereocenters. The van der Waals surface area contributed by atoms with Gasteiger partial charge in [-0.15, -0.1) is 0 Å². The molecular formula is C16H27F3N2O. The quantitative estimate of drug-likeness (QED) is 0.837. The zero-order valence-corrected chi connectivity index (χ0v) is 13.2. The van der Waals surface area contributed by atoms with Gasteiger partial charge in [0.1, 0.15) is 0 Å². The molecule has 6 heteroatoms. The lowest BCUT2D eigenvalue weighted by atomic mass is 9.74. The predicted octanol–water partition coefficient (Wildman–Crippen LogP) is 3.38. The summed E-state index contributed by atoms with van der Waals surface area (Å²) in [6.45, 7) is 1.99. The summed E-state index contributed by atoms with van der Waals surface area (Å²) in [7, 11) is 0. The number of nitrogens with two attached hydrogens (primary N) is 1. The molecule has 0 aromatic heterocycles. The fraction of sp³-hybridized carbons (Fsp3) is 0.938. The molecule has 1 amide bonds. The first kappa shape index (κ1) is 17.6. The minimum absolute atomic E-state index is 0.121. The van der Waals surface area contributed by atoms with Crippen LogP contribution >= 0.6 is 0 Å². The van der Waals surface area contributed by atoms with E-state index in [0.717, 1.165) is 32.1 Å². The highest BCUT2D eigenvalue weighted by molar-refractivity contribution is 5.80. The van der Waals surface area contributed by atoms with E-state index in [9.17, 15) is 18.0 Å². The molecule has 2 aliphatic rings. The summed E-state index contributed by atoms with van der Waals surface area (Å²) in [5.41, 5.74) is 5.64. The van der Waals surface area contributed by atoms with Crippen LogP contribution in [-0.4, -0.2) is 24.2 Å². The van der Waals surface area contributed by atoms with Crippen LogP contribution in [-0.2, 0) is 4.79 Å². The van der Waals surface area contributed by atoms with E-state index < -0.39 is 23.6 Å². The Balaban J connectivity index is 1.92. The fourth-order valence-corrected chi connectivity index (χ4v) is 4.03. The number of hydrogen-bond donors (Lipinski definition) is 2. The third-order valence-electron chi connectivity index (χ3n) is 5.44. The number of hydrogen-bond acceptors (Lipinski definition) is 2. The Morgan fingerprint density at radius 2 is 1.82 bits per heavy atom. The van der Waals surface area contributed by atoms with Gasteiger partial charge in [0, 0.05) is 12.1 Å². The van der Waals surface area contributed by atoms with Crippen LogP contribution in [0.3, 0.4) is 0 Å². The molecule has 0 saturated heterocycles. The maximum Gasteiger partial charge on any atom is 0.392 e. The van der Waals surface area contributed by atoms with Crippen LogP contribution in [0.1, 0.15) is 58.3 Å². The highest BCUT2D eigenvalue weighted by atomic mass is 19.4. The Bertz CT molecular complexity index is 395. The van der Waals surface area contributed by atoms with Crippen LogP contribution < -0.4 is 11.1 Å². The molecule has 3 nitrogen and oxygen atoms in total. The van der Waals surface area contributed by atoms with Crippen molar-refractivity contribution in [1.82, 2.24) is 5.32 Å². The maximum absolute atomic E-state index is 13.1. The first-order valence-electron chi connectivity index (χ1n) is 8.35. The SMILES string of the molecule is CC1(N)CCCCC1C(=O)NCC1CCCCC1C(F)(F)F. The number of rotatable bonds is 3. The van der Waals surface area contributed by atoms with Gasteiger partial charge >= 0.3 is 6.18 Å². The number of halogens is 3. The molecule has 22 heavy (non-hydrogen) atoms. The van der Waals surface area contributed by atoms with Gasteiger partial charge < -0.3 is 11.1 Å². The molecule has 0 aliphatic heterocycles. The number of nitrogens with one attached hydrogen (secondary N) is 1. The lowest BCUT2D eigenvalue weighted by molar-refractivity contribution is -0.196. The zero-order valence-electron chi connectivity index (χ0n) is 13.2. The molecule has 0 bridgehead atoms. The van der Waals surface area contributed by atoms with Crippen molar-refractivity contribution in [1.29, 1.82) is 0 Å². The van der Waals surface area contributed by atoms with Crippen LogP contribution in [0, 0.1) is 17.8 Å². The van der Waals surface area contributed by atoms with E-state index in [0.29, 0.717) is 12.8 Å². The van der Waals surface area contributed by atoms with Gasteiger partial charge in [-0.3, -0.25) is 4.79 Å². The standard InChI is InChI=1S/C16H27F3N2O/c1-15(20)9-5-4-8-13(15)14(22)21-10-11-6-2-3-7-12(11)16(17,18)19/h11-13H,2-10,20H2,1H3,(H,21,22).